The van der Waals surface area contributed by atoms with Gasteiger partial charge in [-0.25, -0.2) is 15.0 Å². The van der Waals surface area contributed by atoms with Crippen molar-refractivity contribution in [3.63, 3.8) is 0 Å². The van der Waals surface area contributed by atoms with Crippen LogP contribution < -0.4 is 5.73 Å². The lowest BCUT2D eigenvalue weighted by molar-refractivity contribution is 0.829. The zero-order valence-electron chi connectivity index (χ0n) is 10.1. The number of hydrogen-bond donors (Lipinski definition) is 1. The summed E-state index contributed by atoms with van der Waals surface area (Å²) in [5.74, 6) is 1.69. The van der Waals surface area contributed by atoms with E-state index in [1.165, 1.54) is 6.33 Å². The Morgan fingerprint density at radius 2 is 2.11 bits per heavy atom. The predicted octanol–water partition coefficient (Wildman–Crippen LogP) is 2.08. The lowest BCUT2D eigenvalue weighted by Gasteiger charge is -2.08. The predicted molar refractivity (Wildman–Crippen MR) is 77.1 cm³/mol. The fraction of sp³-hybridized carbons (Fsp3) is 0.154. The molecule has 2 heterocycles. The van der Waals surface area contributed by atoms with E-state index in [1.54, 1.807) is 6.20 Å². The molecule has 0 saturated carbocycles. The number of nitrogens with zero attached hydrogens (tertiary/aromatic N) is 4. The number of benzene rings is 1. The molecule has 0 saturated heterocycles. The maximum absolute atomic E-state index is 5.67. The second kappa shape index (κ2) is 5.07. The molecule has 0 aliphatic heterocycles. The van der Waals surface area contributed by atoms with E-state index in [-0.39, 0.29) is 0 Å². The Morgan fingerprint density at radius 1 is 1.26 bits per heavy atom. The molecule has 3 rings (SSSR count). The molecule has 0 bridgehead atoms. The van der Waals surface area contributed by atoms with Gasteiger partial charge in [-0.3, -0.25) is 4.57 Å². The Bertz CT molecular complexity index is 722. The minimum absolute atomic E-state index is 0.548. The summed E-state index contributed by atoms with van der Waals surface area (Å²) >= 11 is 3.48. The topological polar surface area (TPSA) is 69.6 Å². The Kier molecular flexibility index (Phi) is 3.27. The maximum Gasteiger partial charge on any atom is 0.156 e. The number of nitrogens with two attached hydrogens (primary N) is 1. The first-order valence-electron chi connectivity index (χ1n) is 5.93. The minimum Gasteiger partial charge on any atom is -0.330 e. The van der Waals surface area contributed by atoms with E-state index in [1.807, 2.05) is 28.8 Å². The van der Waals surface area contributed by atoms with Gasteiger partial charge in [0.05, 0.1) is 15.5 Å². The molecular formula is C13H12BrN5. The summed E-state index contributed by atoms with van der Waals surface area (Å²) in [6.07, 6.45) is 3.95. The van der Waals surface area contributed by atoms with Gasteiger partial charge in [0.1, 0.15) is 12.2 Å². The Labute approximate surface area is 118 Å². The van der Waals surface area contributed by atoms with Crippen LogP contribution in [0.15, 0.2) is 41.3 Å². The van der Waals surface area contributed by atoms with Gasteiger partial charge < -0.3 is 5.73 Å². The first-order chi connectivity index (χ1) is 9.31. The van der Waals surface area contributed by atoms with Crippen molar-refractivity contribution in [2.75, 3.05) is 6.54 Å². The summed E-state index contributed by atoms with van der Waals surface area (Å²) < 4.78 is 2.85. The Morgan fingerprint density at radius 3 is 2.89 bits per heavy atom. The average Bonchev–Trinajstić information content (AvgIpc) is 2.78. The molecule has 2 N–H and O–H groups in total. The van der Waals surface area contributed by atoms with E-state index in [9.17, 15) is 0 Å². The highest BCUT2D eigenvalue weighted by Gasteiger charge is 2.14. The number of halogens is 1. The van der Waals surface area contributed by atoms with Crippen molar-refractivity contribution >= 4 is 27.0 Å². The lowest BCUT2D eigenvalue weighted by Crippen LogP contribution is -2.10. The van der Waals surface area contributed by atoms with Crippen LogP contribution in [-0.4, -0.2) is 26.1 Å². The van der Waals surface area contributed by atoms with Crippen LogP contribution in [0.2, 0.25) is 0 Å². The maximum atomic E-state index is 5.67. The SMILES string of the molecule is NCCc1nc2ccccc2n1-c1ncncc1Br. The zero-order chi connectivity index (χ0) is 13.2. The van der Waals surface area contributed by atoms with Gasteiger partial charge in [0, 0.05) is 12.6 Å². The summed E-state index contributed by atoms with van der Waals surface area (Å²) in [5, 5.41) is 0. The van der Waals surface area contributed by atoms with Gasteiger partial charge >= 0.3 is 0 Å². The fourth-order valence-electron chi connectivity index (χ4n) is 2.08. The molecule has 1 aromatic carbocycles. The third-order valence-electron chi connectivity index (χ3n) is 2.86. The van der Waals surface area contributed by atoms with Gasteiger partial charge in [0.25, 0.3) is 0 Å². The standard InChI is InChI=1S/C13H12BrN5/c14-9-7-16-8-17-13(9)19-11-4-2-1-3-10(11)18-12(19)5-6-15/h1-4,7-8H,5-6,15H2. The first kappa shape index (κ1) is 12.3. The number of aromatic nitrogens is 4. The van der Waals surface area contributed by atoms with Crippen LogP contribution in [0.5, 0.6) is 0 Å². The molecule has 0 amide bonds. The van der Waals surface area contributed by atoms with E-state index >= 15 is 0 Å². The summed E-state index contributed by atoms with van der Waals surface area (Å²) in [4.78, 5) is 13.0. The van der Waals surface area contributed by atoms with Crippen molar-refractivity contribution in [3.05, 3.63) is 47.1 Å². The number of hydrogen-bond acceptors (Lipinski definition) is 4. The molecule has 6 heteroatoms. The highest BCUT2D eigenvalue weighted by Crippen LogP contribution is 2.24. The van der Waals surface area contributed by atoms with Crippen molar-refractivity contribution < 1.29 is 0 Å². The van der Waals surface area contributed by atoms with Crippen LogP contribution in [0.3, 0.4) is 0 Å². The summed E-state index contributed by atoms with van der Waals surface area (Å²) in [6.45, 7) is 0.548. The van der Waals surface area contributed by atoms with E-state index < -0.39 is 0 Å². The molecule has 0 aliphatic rings. The monoisotopic (exact) mass is 317 g/mol. The molecule has 5 nitrogen and oxygen atoms in total. The molecule has 96 valence electrons. The zero-order valence-corrected chi connectivity index (χ0v) is 11.7. The molecule has 0 radical (unpaired) electrons. The van der Waals surface area contributed by atoms with Crippen molar-refractivity contribution in [2.24, 2.45) is 5.73 Å². The molecule has 3 aromatic rings. The lowest BCUT2D eigenvalue weighted by atomic mass is 10.3. The van der Waals surface area contributed by atoms with Crippen molar-refractivity contribution in [3.8, 4) is 5.82 Å². The second-order valence-electron chi connectivity index (χ2n) is 4.09. The summed E-state index contributed by atoms with van der Waals surface area (Å²) in [5.41, 5.74) is 7.63. The quantitative estimate of drug-likeness (QED) is 0.803. The van der Waals surface area contributed by atoms with Crippen LogP contribution in [-0.2, 0) is 6.42 Å². The van der Waals surface area contributed by atoms with E-state index in [2.05, 4.69) is 30.9 Å². The van der Waals surface area contributed by atoms with Crippen LogP contribution in [0.4, 0.5) is 0 Å². The van der Waals surface area contributed by atoms with Gasteiger partial charge in [0.15, 0.2) is 5.82 Å². The van der Waals surface area contributed by atoms with Gasteiger partial charge in [-0.15, -0.1) is 0 Å². The molecule has 0 spiro atoms. The highest BCUT2D eigenvalue weighted by atomic mass is 79.9. The molecule has 0 atom stereocenters. The van der Waals surface area contributed by atoms with E-state index in [4.69, 9.17) is 5.73 Å². The Balaban J connectivity index is 2.31. The van der Waals surface area contributed by atoms with Crippen LogP contribution >= 0.6 is 15.9 Å². The first-order valence-corrected chi connectivity index (χ1v) is 6.73. The second-order valence-corrected chi connectivity index (χ2v) is 4.94. The van der Waals surface area contributed by atoms with Crippen LogP contribution in [0.25, 0.3) is 16.9 Å². The van der Waals surface area contributed by atoms with Gasteiger partial charge in [0.2, 0.25) is 0 Å². The number of imidazole rings is 1. The smallest absolute Gasteiger partial charge is 0.156 e. The average molecular weight is 318 g/mol. The van der Waals surface area contributed by atoms with Crippen molar-refractivity contribution in [2.45, 2.75) is 6.42 Å². The van der Waals surface area contributed by atoms with Crippen LogP contribution in [0.1, 0.15) is 5.82 Å². The van der Waals surface area contributed by atoms with Gasteiger partial charge in [-0.05, 0) is 34.6 Å². The van der Waals surface area contributed by atoms with Gasteiger partial charge in [-0.1, -0.05) is 12.1 Å². The summed E-state index contributed by atoms with van der Waals surface area (Å²) in [7, 11) is 0. The normalized spacial score (nSPS) is 11.1. The fourth-order valence-corrected chi connectivity index (χ4v) is 2.48. The number of fused-ring (bicyclic) bond motifs is 1. The van der Waals surface area contributed by atoms with Crippen LogP contribution in [0, 0.1) is 0 Å². The number of para-hydroxylation sites is 2. The van der Waals surface area contributed by atoms with Crippen molar-refractivity contribution in [1.82, 2.24) is 19.5 Å². The number of rotatable bonds is 3. The highest BCUT2D eigenvalue weighted by molar-refractivity contribution is 9.10. The largest absolute Gasteiger partial charge is 0.330 e. The van der Waals surface area contributed by atoms with E-state index in [0.29, 0.717) is 13.0 Å². The van der Waals surface area contributed by atoms with Crippen molar-refractivity contribution in [1.29, 1.82) is 0 Å². The molecule has 2 aromatic heterocycles. The van der Waals surface area contributed by atoms with Gasteiger partial charge in [-0.2, -0.15) is 0 Å². The third kappa shape index (κ3) is 2.13. The van der Waals surface area contributed by atoms with E-state index in [0.717, 1.165) is 27.1 Å². The summed E-state index contributed by atoms with van der Waals surface area (Å²) in [6, 6.07) is 7.97. The third-order valence-corrected chi connectivity index (χ3v) is 3.42. The molecule has 0 fully saturated rings. The Hall–Kier alpha value is -1.79. The molecular weight excluding hydrogens is 306 g/mol. The molecule has 19 heavy (non-hydrogen) atoms. The molecule has 0 unspecified atom stereocenters. The minimum atomic E-state index is 0.548. The molecule has 0 aliphatic carbocycles.